The first-order chi connectivity index (χ1) is 11.7. The van der Waals surface area contributed by atoms with Gasteiger partial charge in [0.05, 0.1) is 6.04 Å². The van der Waals surface area contributed by atoms with Gasteiger partial charge in [-0.3, -0.25) is 4.79 Å². The van der Waals surface area contributed by atoms with E-state index < -0.39 is 0 Å². The summed E-state index contributed by atoms with van der Waals surface area (Å²) >= 11 is 0. The van der Waals surface area contributed by atoms with E-state index in [1.165, 1.54) is 0 Å². The quantitative estimate of drug-likeness (QED) is 0.581. The summed E-state index contributed by atoms with van der Waals surface area (Å²) in [6, 6.07) is 19.5. The fourth-order valence-electron chi connectivity index (χ4n) is 2.95. The summed E-state index contributed by atoms with van der Waals surface area (Å²) in [6.45, 7) is 8.60. The van der Waals surface area contributed by atoms with Crippen LogP contribution in [-0.4, -0.2) is 11.9 Å². The number of rotatable bonds is 6. The van der Waals surface area contributed by atoms with E-state index in [-0.39, 0.29) is 11.9 Å². The maximum absolute atomic E-state index is 12.3. The number of hydrogen-bond donors (Lipinski definition) is 0. The van der Waals surface area contributed by atoms with Crippen LogP contribution in [0.2, 0.25) is 0 Å². The number of anilines is 1. The summed E-state index contributed by atoms with van der Waals surface area (Å²) in [5, 5.41) is 0. The van der Waals surface area contributed by atoms with Gasteiger partial charge in [-0.15, -0.1) is 0 Å². The lowest BCUT2D eigenvalue weighted by atomic mass is 10.0. The van der Waals surface area contributed by atoms with Gasteiger partial charge in [-0.05, 0) is 24.1 Å². The molecule has 0 bridgehead atoms. The molecule has 3 rings (SSSR count). The number of ether oxygens (including phenoxy) is 1. The number of para-hydroxylation sites is 1. The van der Waals surface area contributed by atoms with Gasteiger partial charge in [0.1, 0.15) is 12.4 Å². The van der Waals surface area contributed by atoms with E-state index in [2.05, 4.69) is 13.2 Å². The molecule has 1 saturated heterocycles. The van der Waals surface area contributed by atoms with Crippen molar-refractivity contribution in [2.75, 3.05) is 4.90 Å². The molecule has 1 atom stereocenters. The highest BCUT2D eigenvalue weighted by molar-refractivity contribution is 5.97. The van der Waals surface area contributed by atoms with Crippen LogP contribution in [-0.2, 0) is 16.1 Å². The number of carbonyl (C=O) groups excluding carboxylic acids is 1. The number of benzene rings is 2. The van der Waals surface area contributed by atoms with Crippen molar-refractivity contribution in [2.24, 2.45) is 0 Å². The second-order valence-corrected chi connectivity index (χ2v) is 5.88. The Hall–Kier alpha value is -2.81. The standard InChI is InChI=1S/C21H21NO2/c1-16(17(2)24-15-18-9-5-3-6-10-18)20-13-14-21(23)22(20)19-11-7-4-8-12-19/h3-12,20H,1-2,13-15H2. The largest absolute Gasteiger partial charge is 0.489 e. The third kappa shape index (κ3) is 3.40. The molecule has 2 aromatic rings. The van der Waals surface area contributed by atoms with E-state index in [9.17, 15) is 4.79 Å². The predicted molar refractivity (Wildman–Crippen MR) is 96.5 cm³/mol. The minimum absolute atomic E-state index is 0.0943. The van der Waals surface area contributed by atoms with Gasteiger partial charge in [0.15, 0.2) is 0 Å². The van der Waals surface area contributed by atoms with Crippen LogP contribution >= 0.6 is 0 Å². The topological polar surface area (TPSA) is 29.5 Å². The molecule has 1 heterocycles. The molecule has 0 saturated carbocycles. The van der Waals surface area contributed by atoms with E-state index in [0.717, 1.165) is 23.2 Å². The van der Waals surface area contributed by atoms with Gasteiger partial charge >= 0.3 is 0 Å². The van der Waals surface area contributed by atoms with Gasteiger partial charge in [-0.1, -0.05) is 61.7 Å². The summed E-state index contributed by atoms with van der Waals surface area (Å²) < 4.78 is 5.79. The Morgan fingerprint density at radius 3 is 2.33 bits per heavy atom. The van der Waals surface area contributed by atoms with Crippen LogP contribution in [0.1, 0.15) is 18.4 Å². The zero-order valence-corrected chi connectivity index (χ0v) is 13.7. The maximum Gasteiger partial charge on any atom is 0.227 e. The van der Waals surface area contributed by atoms with Gasteiger partial charge in [-0.25, -0.2) is 0 Å². The molecule has 1 aliphatic heterocycles. The Kier molecular flexibility index (Phi) is 4.80. The van der Waals surface area contributed by atoms with Crippen molar-refractivity contribution >= 4 is 11.6 Å². The van der Waals surface area contributed by atoms with Gasteiger partial charge in [-0.2, -0.15) is 0 Å². The van der Waals surface area contributed by atoms with Crippen LogP contribution in [0.15, 0.2) is 85.2 Å². The van der Waals surface area contributed by atoms with Crippen molar-refractivity contribution in [3.05, 3.63) is 90.7 Å². The van der Waals surface area contributed by atoms with E-state index in [1.54, 1.807) is 4.90 Å². The first-order valence-electron chi connectivity index (χ1n) is 8.08. The average molecular weight is 319 g/mol. The van der Waals surface area contributed by atoms with E-state index in [0.29, 0.717) is 18.8 Å². The Morgan fingerprint density at radius 1 is 1.04 bits per heavy atom. The van der Waals surface area contributed by atoms with Crippen molar-refractivity contribution in [3.63, 3.8) is 0 Å². The first kappa shape index (κ1) is 16.1. The van der Waals surface area contributed by atoms with Gasteiger partial charge in [0.2, 0.25) is 5.91 Å². The van der Waals surface area contributed by atoms with Gasteiger partial charge in [0.25, 0.3) is 0 Å². The zero-order valence-electron chi connectivity index (χ0n) is 13.7. The monoisotopic (exact) mass is 319 g/mol. The summed E-state index contributed by atoms with van der Waals surface area (Å²) in [7, 11) is 0. The Labute approximate surface area is 142 Å². The number of nitrogens with zero attached hydrogens (tertiary/aromatic N) is 1. The first-order valence-corrected chi connectivity index (χ1v) is 8.08. The summed E-state index contributed by atoms with van der Waals surface area (Å²) in [5.74, 6) is 0.655. The molecule has 0 radical (unpaired) electrons. The van der Waals surface area contributed by atoms with E-state index in [4.69, 9.17) is 4.74 Å². The highest BCUT2D eigenvalue weighted by Crippen LogP contribution is 2.32. The van der Waals surface area contributed by atoms with Crippen LogP contribution in [0.5, 0.6) is 0 Å². The summed E-state index contributed by atoms with van der Waals surface area (Å²) in [5.41, 5.74) is 2.73. The van der Waals surface area contributed by atoms with Crippen molar-refractivity contribution in [2.45, 2.75) is 25.5 Å². The predicted octanol–water partition coefficient (Wildman–Crippen LogP) is 4.47. The molecule has 0 aromatic heterocycles. The van der Waals surface area contributed by atoms with Crippen molar-refractivity contribution in [3.8, 4) is 0 Å². The summed E-state index contributed by atoms with van der Waals surface area (Å²) in [6.07, 6.45) is 1.25. The van der Waals surface area contributed by atoms with Crippen molar-refractivity contribution in [1.29, 1.82) is 0 Å². The lowest BCUT2D eigenvalue weighted by Crippen LogP contribution is -2.34. The van der Waals surface area contributed by atoms with Crippen LogP contribution in [0.25, 0.3) is 0 Å². The molecule has 2 aromatic carbocycles. The van der Waals surface area contributed by atoms with Crippen LogP contribution < -0.4 is 4.90 Å². The molecule has 1 unspecified atom stereocenters. The molecular weight excluding hydrogens is 298 g/mol. The molecule has 0 aliphatic carbocycles. The highest BCUT2D eigenvalue weighted by atomic mass is 16.5. The van der Waals surface area contributed by atoms with Gasteiger partial charge < -0.3 is 9.64 Å². The molecule has 0 N–H and O–H groups in total. The third-order valence-electron chi connectivity index (χ3n) is 4.26. The average Bonchev–Trinajstić information content (AvgIpc) is 3.02. The minimum Gasteiger partial charge on any atom is -0.489 e. The molecule has 24 heavy (non-hydrogen) atoms. The highest BCUT2D eigenvalue weighted by Gasteiger charge is 2.34. The molecule has 1 amide bonds. The maximum atomic E-state index is 12.3. The lowest BCUT2D eigenvalue weighted by molar-refractivity contribution is -0.117. The lowest BCUT2D eigenvalue weighted by Gasteiger charge is -2.27. The Bertz CT molecular complexity index is 737. The van der Waals surface area contributed by atoms with E-state index >= 15 is 0 Å². The van der Waals surface area contributed by atoms with Crippen LogP contribution in [0.3, 0.4) is 0 Å². The second kappa shape index (κ2) is 7.18. The minimum atomic E-state index is -0.0943. The zero-order chi connectivity index (χ0) is 16.9. The molecule has 122 valence electrons. The van der Waals surface area contributed by atoms with Crippen molar-refractivity contribution in [1.82, 2.24) is 0 Å². The molecule has 1 aliphatic rings. The third-order valence-corrected chi connectivity index (χ3v) is 4.26. The van der Waals surface area contributed by atoms with Crippen LogP contribution in [0, 0.1) is 0 Å². The molecule has 3 heteroatoms. The van der Waals surface area contributed by atoms with Crippen molar-refractivity contribution < 1.29 is 9.53 Å². The van der Waals surface area contributed by atoms with Gasteiger partial charge in [0, 0.05) is 17.7 Å². The normalized spacial score (nSPS) is 16.9. The molecule has 0 spiro atoms. The Morgan fingerprint density at radius 2 is 1.67 bits per heavy atom. The molecule has 3 nitrogen and oxygen atoms in total. The Balaban J connectivity index is 1.69. The summed E-state index contributed by atoms with van der Waals surface area (Å²) in [4.78, 5) is 14.1. The molecule has 1 fully saturated rings. The molecular formula is C21H21NO2. The fraction of sp³-hybridized carbons (Fsp3) is 0.190. The fourth-order valence-corrected chi connectivity index (χ4v) is 2.95. The number of hydrogen-bond acceptors (Lipinski definition) is 2. The number of amides is 1. The van der Waals surface area contributed by atoms with E-state index in [1.807, 2.05) is 60.7 Å². The SMILES string of the molecule is C=C(OCc1ccccc1)C(=C)C1CCC(=O)N1c1ccccc1. The number of carbonyl (C=O) groups is 1. The van der Waals surface area contributed by atoms with Crippen LogP contribution in [0.4, 0.5) is 5.69 Å². The smallest absolute Gasteiger partial charge is 0.227 e. The second-order valence-electron chi connectivity index (χ2n) is 5.88.